The van der Waals surface area contributed by atoms with Gasteiger partial charge in [0.25, 0.3) is 0 Å². The van der Waals surface area contributed by atoms with Gasteiger partial charge >= 0.3 is 5.97 Å². The minimum atomic E-state index is -3.16. The van der Waals surface area contributed by atoms with Gasteiger partial charge in [0.1, 0.15) is 0 Å². The first kappa shape index (κ1) is 15.7. The van der Waals surface area contributed by atoms with Gasteiger partial charge in [-0.1, -0.05) is 18.2 Å². The predicted molar refractivity (Wildman–Crippen MR) is 84.9 cm³/mol. The van der Waals surface area contributed by atoms with Crippen LogP contribution in [0.1, 0.15) is 23.7 Å². The number of carbonyl (C=O) groups is 2. The van der Waals surface area contributed by atoms with Gasteiger partial charge in [0, 0.05) is 22.7 Å². The molecule has 1 aromatic carbocycles. The van der Waals surface area contributed by atoms with E-state index in [1.54, 1.807) is 6.20 Å². The van der Waals surface area contributed by atoms with Gasteiger partial charge in [-0.3, -0.25) is 9.59 Å². The minimum absolute atomic E-state index is 0.00244. The molecule has 23 heavy (non-hydrogen) atoms. The van der Waals surface area contributed by atoms with Crippen molar-refractivity contribution in [3.05, 3.63) is 36.0 Å². The second-order valence-corrected chi connectivity index (χ2v) is 8.02. The Kier molecular flexibility index (Phi) is 3.97. The zero-order valence-electron chi connectivity index (χ0n) is 12.6. The van der Waals surface area contributed by atoms with Crippen molar-refractivity contribution in [1.82, 2.24) is 4.98 Å². The molecule has 2 aromatic rings. The van der Waals surface area contributed by atoms with Crippen molar-refractivity contribution in [3.63, 3.8) is 0 Å². The van der Waals surface area contributed by atoms with Crippen LogP contribution < -0.4 is 0 Å². The molecule has 1 aromatic heterocycles. The van der Waals surface area contributed by atoms with E-state index in [1.165, 1.54) is 6.92 Å². The highest BCUT2D eigenvalue weighted by Crippen LogP contribution is 2.23. The molecule has 1 aliphatic rings. The third kappa shape index (κ3) is 3.14. The fourth-order valence-corrected chi connectivity index (χ4v) is 4.53. The van der Waals surface area contributed by atoms with Crippen molar-refractivity contribution < 1.29 is 22.7 Å². The lowest BCUT2D eigenvalue weighted by Crippen LogP contribution is -2.28. The standard InChI is InChI=1S/C16H17NO5S/c1-10(22-16(19)11-6-7-23(20,21)9-11)15(18)13-8-17-14-5-3-2-4-12(13)14/h2-5,8,10-11,17H,6-7,9H2,1H3. The maximum Gasteiger partial charge on any atom is 0.310 e. The SMILES string of the molecule is CC(OC(=O)C1CCS(=O)(=O)C1)C(=O)c1c[nH]c2ccccc12. The Bertz CT molecular complexity index is 867. The van der Waals surface area contributed by atoms with Gasteiger partial charge in [0.2, 0.25) is 5.78 Å². The number of sulfone groups is 1. The summed E-state index contributed by atoms with van der Waals surface area (Å²) in [7, 11) is -3.16. The highest BCUT2D eigenvalue weighted by atomic mass is 32.2. The average Bonchev–Trinajstić information content (AvgIpc) is 3.09. The first-order valence-electron chi connectivity index (χ1n) is 7.38. The fourth-order valence-electron chi connectivity index (χ4n) is 2.80. The first-order valence-corrected chi connectivity index (χ1v) is 9.21. The number of nitrogens with one attached hydrogen (secondary N) is 1. The predicted octanol–water partition coefficient (Wildman–Crippen LogP) is 1.72. The lowest BCUT2D eigenvalue weighted by molar-refractivity contribution is -0.150. The summed E-state index contributed by atoms with van der Waals surface area (Å²) in [5.41, 5.74) is 1.29. The third-order valence-corrected chi connectivity index (χ3v) is 5.85. The van der Waals surface area contributed by atoms with Crippen molar-refractivity contribution >= 4 is 32.5 Å². The van der Waals surface area contributed by atoms with E-state index in [0.29, 0.717) is 5.56 Å². The van der Waals surface area contributed by atoms with E-state index in [0.717, 1.165) is 10.9 Å². The number of H-pyrrole nitrogens is 1. The Hall–Kier alpha value is -2.15. The fraction of sp³-hybridized carbons (Fsp3) is 0.375. The van der Waals surface area contributed by atoms with Crippen LogP contribution in [0, 0.1) is 5.92 Å². The lowest BCUT2D eigenvalue weighted by Gasteiger charge is -2.14. The molecular weight excluding hydrogens is 318 g/mol. The monoisotopic (exact) mass is 335 g/mol. The number of hydrogen-bond acceptors (Lipinski definition) is 5. The molecule has 0 radical (unpaired) electrons. The number of aromatic nitrogens is 1. The number of esters is 1. The van der Waals surface area contributed by atoms with Crippen LogP contribution in [0.2, 0.25) is 0 Å². The molecule has 122 valence electrons. The number of rotatable bonds is 4. The molecule has 7 heteroatoms. The Balaban J connectivity index is 1.72. The molecular formula is C16H17NO5S. The van der Waals surface area contributed by atoms with Gasteiger partial charge in [-0.15, -0.1) is 0 Å². The molecule has 2 heterocycles. The number of hydrogen-bond donors (Lipinski definition) is 1. The number of ether oxygens (including phenoxy) is 1. The van der Waals surface area contributed by atoms with Gasteiger partial charge in [0.15, 0.2) is 15.9 Å². The molecule has 0 saturated carbocycles. The molecule has 0 bridgehead atoms. The van der Waals surface area contributed by atoms with Crippen LogP contribution in [0.5, 0.6) is 0 Å². The van der Waals surface area contributed by atoms with Gasteiger partial charge in [-0.2, -0.15) is 0 Å². The first-order chi connectivity index (χ1) is 10.9. The van der Waals surface area contributed by atoms with Crippen LogP contribution in [0.15, 0.2) is 30.5 Å². The summed E-state index contributed by atoms with van der Waals surface area (Å²) in [5.74, 6) is -1.79. The summed E-state index contributed by atoms with van der Waals surface area (Å²) in [6.07, 6.45) is 0.900. The van der Waals surface area contributed by atoms with Gasteiger partial charge in [0.05, 0.1) is 17.4 Å². The van der Waals surface area contributed by atoms with E-state index in [2.05, 4.69) is 4.98 Å². The Morgan fingerprint density at radius 3 is 2.74 bits per heavy atom. The highest BCUT2D eigenvalue weighted by Gasteiger charge is 2.35. The number of carbonyl (C=O) groups excluding carboxylic acids is 2. The van der Waals surface area contributed by atoms with E-state index < -0.39 is 27.8 Å². The topological polar surface area (TPSA) is 93.3 Å². The largest absolute Gasteiger partial charge is 0.454 e. The van der Waals surface area contributed by atoms with E-state index in [-0.39, 0.29) is 23.7 Å². The molecule has 0 amide bonds. The maximum atomic E-state index is 12.5. The zero-order valence-corrected chi connectivity index (χ0v) is 13.4. The van der Waals surface area contributed by atoms with E-state index >= 15 is 0 Å². The Morgan fingerprint density at radius 2 is 2.04 bits per heavy atom. The van der Waals surface area contributed by atoms with Crippen molar-refractivity contribution in [1.29, 1.82) is 0 Å². The van der Waals surface area contributed by atoms with Crippen LogP contribution in [0.25, 0.3) is 10.9 Å². The molecule has 2 unspecified atom stereocenters. The normalized spacial score (nSPS) is 21.2. The van der Waals surface area contributed by atoms with Crippen molar-refractivity contribution in [2.75, 3.05) is 11.5 Å². The van der Waals surface area contributed by atoms with Crippen LogP contribution in [0.3, 0.4) is 0 Å². The van der Waals surface area contributed by atoms with E-state index in [9.17, 15) is 18.0 Å². The highest BCUT2D eigenvalue weighted by molar-refractivity contribution is 7.91. The molecule has 3 rings (SSSR count). The van der Waals surface area contributed by atoms with Crippen molar-refractivity contribution in [2.24, 2.45) is 5.92 Å². The van der Waals surface area contributed by atoms with E-state index in [1.807, 2.05) is 24.3 Å². The number of ketones is 1. The smallest absolute Gasteiger partial charge is 0.310 e. The summed E-state index contributed by atoms with van der Waals surface area (Å²) in [6, 6.07) is 7.35. The third-order valence-electron chi connectivity index (χ3n) is 4.08. The summed E-state index contributed by atoms with van der Waals surface area (Å²) >= 11 is 0. The summed E-state index contributed by atoms with van der Waals surface area (Å²) in [6.45, 7) is 1.51. The average molecular weight is 335 g/mol. The van der Waals surface area contributed by atoms with Crippen molar-refractivity contribution in [2.45, 2.75) is 19.4 Å². The van der Waals surface area contributed by atoms with Crippen LogP contribution in [0.4, 0.5) is 0 Å². The minimum Gasteiger partial charge on any atom is -0.454 e. The van der Waals surface area contributed by atoms with Crippen LogP contribution in [-0.4, -0.2) is 42.8 Å². The van der Waals surface area contributed by atoms with Crippen LogP contribution in [-0.2, 0) is 19.4 Å². The lowest BCUT2D eigenvalue weighted by atomic mass is 10.1. The zero-order chi connectivity index (χ0) is 16.6. The van der Waals surface area contributed by atoms with Gasteiger partial charge < -0.3 is 9.72 Å². The molecule has 0 spiro atoms. The second-order valence-electron chi connectivity index (χ2n) is 5.79. The quantitative estimate of drug-likeness (QED) is 0.678. The Morgan fingerprint density at radius 1 is 1.30 bits per heavy atom. The number of fused-ring (bicyclic) bond motifs is 1. The van der Waals surface area contributed by atoms with Gasteiger partial charge in [-0.25, -0.2) is 8.42 Å². The molecule has 2 atom stereocenters. The number of benzene rings is 1. The summed E-state index contributed by atoms with van der Waals surface area (Å²) in [5, 5.41) is 0.767. The summed E-state index contributed by atoms with van der Waals surface area (Å²) in [4.78, 5) is 27.5. The van der Waals surface area contributed by atoms with Gasteiger partial charge in [-0.05, 0) is 19.4 Å². The molecule has 0 aliphatic carbocycles. The van der Waals surface area contributed by atoms with E-state index in [4.69, 9.17) is 4.74 Å². The second kappa shape index (κ2) is 5.81. The van der Waals surface area contributed by atoms with Crippen molar-refractivity contribution in [3.8, 4) is 0 Å². The number of para-hydroxylation sites is 1. The Labute approximate surface area is 133 Å². The number of Topliss-reactive ketones (excluding diaryl/α,β-unsaturated/α-hetero) is 1. The molecule has 6 nitrogen and oxygen atoms in total. The summed E-state index contributed by atoms with van der Waals surface area (Å²) < 4.78 is 28.0. The van der Waals surface area contributed by atoms with Crippen LogP contribution >= 0.6 is 0 Å². The molecule has 1 saturated heterocycles. The number of aromatic amines is 1. The molecule has 1 N–H and O–H groups in total. The molecule has 1 aliphatic heterocycles. The maximum absolute atomic E-state index is 12.5. The molecule has 1 fully saturated rings.